The Hall–Kier alpha value is -0.570. The highest BCUT2D eigenvalue weighted by Gasteiger charge is 2.62. The topological polar surface area (TPSA) is 57.5 Å². The highest BCUT2D eigenvalue weighted by molar-refractivity contribution is 5.66. The Balaban J connectivity index is 1.57. The highest BCUT2D eigenvalue weighted by atomic mass is 16.4. The Morgan fingerprint density at radius 3 is 2.59 bits per heavy atom. The molecule has 4 aliphatic carbocycles. The Morgan fingerprint density at radius 2 is 1.85 bits per heavy atom. The molecule has 0 heterocycles. The van der Waals surface area contributed by atoms with Gasteiger partial charge >= 0.3 is 5.97 Å². The van der Waals surface area contributed by atoms with E-state index < -0.39 is 5.97 Å². The third-order valence-electron chi connectivity index (χ3n) is 10.1. The first-order chi connectivity index (χ1) is 12.8. The molecule has 4 aliphatic rings. The third-order valence-corrected chi connectivity index (χ3v) is 10.1. The largest absolute Gasteiger partial charge is 0.481 e. The van der Waals surface area contributed by atoms with E-state index in [0.717, 1.165) is 24.7 Å². The fraction of sp³-hybridized carbons (Fsp3) is 0.958. The van der Waals surface area contributed by atoms with Crippen molar-refractivity contribution in [2.24, 2.45) is 46.3 Å². The van der Waals surface area contributed by atoms with Crippen molar-refractivity contribution in [3.63, 3.8) is 0 Å². The van der Waals surface area contributed by atoms with Crippen LogP contribution < -0.4 is 0 Å². The van der Waals surface area contributed by atoms with Crippen LogP contribution in [0.2, 0.25) is 0 Å². The first kappa shape index (κ1) is 19.7. The van der Waals surface area contributed by atoms with E-state index in [1.54, 1.807) is 0 Å². The van der Waals surface area contributed by atoms with Crippen molar-refractivity contribution in [1.29, 1.82) is 0 Å². The predicted octanol–water partition coefficient (Wildman–Crippen LogP) is 5.51. The lowest BCUT2D eigenvalue weighted by molar-refractivity contribution is -0.171. The zero-order valence-electron chi connectivity index (χ0n) is 17.6. The van der Waals surface area contributed by atoms with Crippen LogP contribution in [0.25, 0.3) is 0 Å². The van der Waals surface area contributed by atoms with Gasteiger partial charge in [-0.1, -0.05) is 33.6 Å². The summed E-state index contributed by atoms with van der Waals surface area (Å²) < 4.78 is 0. The molecule has 3 nitrogen and oxygen atoms in total. The maximum Gasteiger partial charge on any atom is 0.303 e. The summed E-state index contributed by atoms with van der Waals surface area (Å²) in [5.41, 5.74) is 0.561. The van der Waals surface area contributed by atoms with Crippen molar-refractivity contribution < 1.29 is 15.0 Å². The zero-order chi connectivity index (χ0) is 19.4. The molecule has 4 saturated carbocycles. The summed E-state index contributed by atoms with van der Waals surface area (Å²) in [4.78, 5) is 11.1. The number of aliphatic carboxylic acids is 1. The van der Waals surface area contributed by atoms with E-state index in [9.17, 15) is 9.90 Å². The molecule has 4 fully saturated rings. The minimum absolute atomic E-state index is 0.158. The van der Waals surface area contributed by atoms with Crippen LogP contribution in [-0.2, 0) is 4.79 Å². The van der Waals surface area contributed by atoms with Crippen LogP contribution >= 0.6 is 0 Å². The molecule has 27 heavy (non-hydrogen) atoms. The predicted molar refractivity (Wildman–Crippen MR) is 107 cm³/mol. The van der Waals surface area contributed by atoms with Gasteiger partial charge in [0, 0.05) is 6.42 Å². The van der Waals surface area contributed by atoms with Crippen molar-refractivity contribution in [2.45, 2.75) is 97.5 Å². The monoisotopic (exact) mass is 376 g/mol. The summed E-state index contributed by atoms with van der Waals surface area (Å²) in [5, 5.41) is 20.5. The molecule has 0 aromatic rings. The SMILES string of the molecule is C[C@H](CCC(=O)O)C1CCC2C3CCC4CCCCC4(C)C3C(O)CC21C. The smallest absolute Gasteiger partial charge is 0.303 e. The van der Waals surface area contributed by atoms with Gasteiger partial charge in [-0.05, 0) is 97.7 Å². The lowest BCUT2D eigenvalue weighted by Crippen LogP contribution is -2.58. The molecule has 0 aliphatic heterocycles. The molecule has 8 unspecified atom stereocenters. The van der Waals surface area contributed by atoms with E-state index in [0.29, 0.717) is 29.1 Å². The molecule has 0 amide bonds. The van der Waals surface area contributed by atoms with E-state index in [1.807, 2.05) is 0 Å². The standard InChI is InChI=1S/C24H40O3/c1-15(7-12-21(26)27)18-10-11-19-17-9-8-16-6-4-5-13-23(16,2)22(17)20(25)14-24(18,19)3/h15-20,22,25H,4-14H2,1-3H3,(H,26,27)/t15-,16?,17?,18?,19?,20?,22?,23?,24?/m1/s1. The van der Waals surface area contributed by atoms with Gasteiger partial charge in [-0.15, -0.1) is 0 Å². The van der Waals surface area contributed by atoms with Gasteiger partial charge in [0.15, 0.2) is 0 Å². The van der Waals surface area contributed by atoms with E-state index in [1.165, 1.54) is 51.4 Å². The quantitative estimate of drug-likeness (QED) is 0.680. The van der Waals surface area contributed by atoms with Crippen molar-refractivity contribution in [1.82, 2.24) is 0 Å². The lowest BCUT2D eigenvalue weighted by Gasteiger charge is -2.62. The normalized spacial score (nSPS) is 50.4. The second-order valence-corrected chi connectivity index (χ2v) is 11.2. The molecule has 2 N–H and O–H groups in total. The Kier molecular flexibility index (Phi) is 5.15. The number of rotatable bonds is 4. The zero-order valence-corrected chi connectivity index (χ0v) is 17.6. The average Bonchev–Trinajstić information content (AvgIpc) is 2.95. The third kappa shape index (κ3) is 3.07. The average molecular weight is 377 g/mol. The summed E-state index contributed by atoms with van der Waals surface area (Å²) in [6.45, 7) is 7.22. The molecule has 9 atom stereocenters. The van der Waals surface area contributed by atoms with Crippen molar-refractivity contribution in [3.05, 3.63) is 0 Å². The van der Waals surface area contributed by atoms with Crippen molar-refractivity contribution >= 4 is 5.97 Å². The van der Waals surface area contributed by atoms with Crippen molar-refractivity contribution in [3.8, 4) is 0 Å². The van der Waals surface area contributed by atoms with Crippen LogP contribution in [0.15, 0.2) is 0 Å². The maximum atomic E-state index is 11.4. The van der Waals surface area contributed by atoms with E-state index >= 15 is 0 Å². The molecular formula is C24H40O3. The van der Waals surface area contributed by atoms with Crippen LogP contribution in [-0.4, -0.2) is 22.3 Å². The number of hydrogen-bond donors (Lipinski definition) is 2. The van der Waals surface area contributed by atoms with Crippen LogP contribution in [0.1, 0.15) is 91.4 Å². The Bertz CT molecular complexity index is 574. The second-order valence-electron chi connectivity index (χ2n) is 11.2. The first-order valence-electron chi connectivity index (χ1n) is 11.7. The molecule has 0 radical (unpaired) electrons. The first-order valence-corrected chi connectivity index (χ1v) is 11.7. The van der Waals surface area contributed by atoms with Gasteiger partial charge in [0.05, 0.1) is 6.10 Å². The van der Waals surface area contributed by atoms with Crippen LogP contribution in [0.3, 0.4) is 0 Å². The fourth-order valence-electron chi connectivity index (χ4n) is 8.95. The van der Waals surface area contributed by atoms with E-state index in [-0.39, 0.29) is 17.9 Å². The number of carbonyl (C=O) groups is 1. The van der Waals surface area contributed by atoms with E-state index in [4.69, 9.17) is 5.11 Å². The number of carboxylic acids is 1. The fourth-order valence-corrected chi connectivity index (χ4v) is 8.95. The van der Waals surface area contributed by atoms with Gasteiger partial charge < -0.3 is 10.2 Å². The number of aliphatic hydroxyl groups is 1. The molecule has 4 rings (SSSR count). The van der Waals surface area contributed by atoms with Gasteiger partial charge in [-0.2, -0.15) is 0 Å². The molecule has 154 valence electrons. The van der Waals surface area contributed by atoms with Gasteiger partial charge in [0.2, 0.25) is 0 Å². The Morgan fingerprint density at radius 1 is 1.07 bits per heavy atom. The van der Waals surface area contributed by atoms with Crippen LogP contribution in [0, 0.1) is 46.3 Å². The Labute approximate surface area is 165 Å². The summed E-state index contributed by atoms with van der Waals surface area (Å²) >= 11 is 0. The summed E-state index contributed by atoms with van der Waals surface area (Å²) in [5.74, 6) is 3.11. The van der Waals surface area contributed by atoms with Gasteiger partial charge in [0.25, 0.3) is 0 Å². The summed E-state index contributed by atoms with van der Waals surface area (Å²) in [6, 6.07) is 0. The molecule has 0 saturated heterocycles. The maximum absolute atomic E-state index is 11.4. The van der Waals surface area contributed by atoms with E-state index in [2.05, 4.69) is 20.8 Å². The molecule has 0 spiro atoms. The highest BCUT2D eigenvalue weighted by Crippen LogP contribution is 2.68. The minimum atomic E-state index is -0.672. The number of carboxylic acid groups (broad SMARTS) is 1. The lowest BCUT2D eigenvalue weighted by atomic mass is 9.43. The van der Waals surface area contributed by atoms with Crippen LogP contribution in [0.4, 0.5) is 0 Å². The molecule has 0 bridgehead atoms. The molecule has 3 heteroatoms. The molecule has 0 aromatic carbocycles. The molecular weight excluding hydrogens is 336 g/mol. The van der Waals surface area contributed by atoms with Crippen LogP contribution in [0.5, 0.6) is 0 Å². The minimum Gasteiger partial charge on any atom is -0.481 e. The molecule has 0 aromatic heterocycles. The number of hydrogen-bond acceptors (Lipinski definition) is 2. The van der Waals surface area contributed by atoms with Gasteiger partial charge in [-0.3, -0.25) is 4.79 Å². The second kappa shape index (κ2) is 7.04. The van der Waals surface area contributed by atoms with Gasteiger partial charge in [-0.25, -0.2) is 0 Å². The number of aliphatic hydroxyl groups excluding tert-OH is 1. The number of fused-ring (bicyclic) bond motifs is 5. The summed E-state index contributed by atoms with van der Waals surface area (Å²) in [7, 11) is 0. The van der Waals surface area contributed by atoms with Crippen molar-refractivity contribution in [2.75, 3.05) is 0 Å². The van der Waals surface area contributed by atoms with Gasteiger partial charge in [0.1, 0.15) is 0 Å². The summed E-state index contributed by atoms with van der Waals surface area (Å²) in [6.07, 6.45) is 12.5.